The van der Waals surface area contributed by atoms with E-state index in [9.17, 15) is 28.0 Å². The van der Waals surface area contributed by atoms with E-state index < -0.39 is 23.2 Å². The van der Waals surface area contributed by atoms with E-state index in [-0.39, 0.29) is 62.0 Å². The van der Waals surface area contributed by atoms with E-state index >= 15 is 0 Å². The number of morpholine rings is 1. The van der Waals surface area contributed by atoms with Crippen molar-refractivity contribution in [1.82, 2.24) is 24.4 Å². The maximum Gasteiger partial charge on any atom is 0.399 e. The van der Waals surface area contributed by atoms with Gasteiger partial charge in [0.25, 0.3) is 11.1 Å². The molecule has 1 saturated carbocycles. The Balaban J connectivity index is 1.16. The zero-order valence-corrected chi connectivity index (χ0v) is 24.0. The van der Waals surface area contributed by atoms with Gasteiger partial charge in [-0.05, 0) is 30.7 Å². The molecule has 4 atom stereocenters. The summed E-state index contributed by atoms with van der Waals surface area (Å²) in [6.07, 6.45) is -2.93. The van der Waals surface area contributed by atoms with Crippen molar-refractivity contribution >= 4 is 22.6 Å². The third kappa shape index (κ3) is 5.20. The Morgan fingerprint density at radius 3 is 2.52 bits per heavy atom. The highest BCUT2D eigenvalue weighted by Gasteiger charge is 2.76. The van der Waals surface area contributed by atoms with Gasteiger partial charge in [0, 0.05) is 38.4 Å². The van der Waals surface area contributed by atoms with Crippen LogP contribution in [0.25, 0.3) is 16.7 Å². The molecule has 4 heterocycles. The summed E-state index contributed by atoms with van der Waals surface area (Å²) in [6, 6.07) is 9.40. The van der Waals surface area contributed by atoms with Gasteiger partial charge in [0.1, 0.15) is 22.3 Å². The van der Waals surface area contributed by atoms with Crippen LogP contribution in [0.1, 0.15) is 44.7 Å². The van der Waals surface area contributed by atoms with Crippen molar-refractivity contribution < 1.29 is 27.9 Å². The molecule has 14 heteroatoms. The number of nitrogens with one attached hydrogen (secondary N) is 1. The van der Waals surface area contributed by atoms with E-state index in [4.69, 9.17) is 16.3 Å². The van der Waals surface area contributed by atoms with E-state index in [0.717, 1.165) is 17.8 Å². The maximum atomic E-state index is 13.4. The number of rotatable bonds is 6. The normalized spacial score (nSPS) is 27.8. The predicted octanol–water partition coefficient (Wildman–Crippen LogP) is 3.75. The molecule has 1 aliphatic carbocycles. The topological polar surface area (TPSA) is 105 Å². The van der Waals surface area contributed by atoms with E-state index in [1.54, 1.807) is 10.6 Å². The molecule has 10 nitrogen and oxygen atoms in total. The molecule has 1 aromatic carbocycles. The number of benzene rings is 1. The van der Waals surface area contributed by atoms with Gasteiger partial charge < -0.3 is 15.2 Å². The van der Waals surface area contributed by atoms with Crippen molar-refractivity contribution in [2.75, 3.05) is 26.2 Å². The molecule has 226 valence electrons. The molecule has 3 aromatic rings. The monoisotopic (exact) mass is 609 g/mol. The molecular formula is C28H33ClF3N6O4+. The molecular weight excluding hydrogens is 577 g/mol. The number of hydrogen-bond donors (Lipinski definition) is 2. The lowest BCUT2D eigenvalue weighted by Gasteiger charge is -2.35. The smallest absolute Gasteiger partial charge is 0.388 e. The second-order valence-electron chi connectivity index (χ2n) is 12.0. The number of hydrogen-bond acceptors (Lipinski definition) is 6. The summed E-state index contributed by atoms with van der Waals surface area (Å²) in [5, 5.41) is 16.6. The fraction of sp³-hybridized carbons (Fsp3) is 0.571. The fourth-order valence-electron chi connectivity index (χ4n) is 6.13. The van der Waals surface area contributed by atoms with E-state index in [1.165, 1.54) is 22.8 Å². The molecule has 2 aliphatic heterocycles. The van der Waals surface area contributed by atoms with Crippen LogP contribution in [0.2, 0.25) is 5.15 Å². The molecule has 3 fully saturated rings. The van der Waals surface area contributed by atoms with Crippen molar-refractivity contribution in [3.63, 3.8) is 0 Å². The van der Waals surface area contributed by atoms with E-state index in [0.29, 0.717) is 22.3 Å². The number of halogens is 4. The van der Waals surface area contributed by atoms with Crippen molar-refractivity contribution in [1.29, 1.82) is 0 Å². The molecule has 42 heavy (non-hydrogen) atoms. The lowest BCUT2D eigenvalue weighted by molar-refractivity contribution is -0.750. The first-order valence-electron chi connectivity index (χ1n) is 14.0. The van der Waals surface area contributed by atoms with Crippen molar-refractivity contribution in [2.45, 2.75) is 69.1 Å². The van der Waals surface area contributed by atoms with E-state index in [2.05, 4.69) is 10.3 Å². The highest BCUT2D eigenvalue weighted by molar-refractivity contribution is 6.31. The number of nitroso groups, excluding NO2 is 1. The van der Waals surface area contributed by atoms with Gasteiger partial charge in [-0.2, -0.15) is 13.2 Å². The molecule has 0 radical (unpaired) electrons. The van der Waals surface area contributed by atoms with Crippen LogP contribution in [-0.4, -0.2) is 78.8 Å². The first-order valence-corrected chi connectivity index (χ1v) is 14.4. The molecule has 2 N–H and O–H groups in total. The van der Waals surface area contributed by atoms with Crippen LogP contribution in [0.4, 0.5) is 13.2 Å². The summed E-state index contributed by atoms with van der Waals surface area (Å²) >= 11 is 6.56. The summed E-state index contributed by atoms with van der Waals surface area (Å²) in [6.45, 7) is 4.75. The number of piperidine rings is 1. The lowest BCUT2D eigenvalue weighted by atomic mass is 9.92. The zero-order chi connectivity index (χ0) is 30.0. The molecule has 0 spiro atoms. The van der Waals surface area contributed by atoms with Gasteiger partial charge in [-0.25, -0.2) is 4.98 Å². The molecule has 6 rings (SSSR count). The van der Waals surface area contributed by atoms with Gasteiger partial charge in [-0.15, -0.1) is 5.01 Å². The molecule has 2 aromatic heterocycles. The van der Waals surface area contributed by atoms with Gasteiger partial charge in [0.15, 0.2) is 5.65 Å². The number of nitrogens with zero attached hydrogens (tertiary/aromatic N) is 5. The summed E-state index contributed by atoms with van der Waals surface area (Å²) < 4.78 is 48.1. The lowest BCUT2D eigenvalue weighted by Crippen LogP contribution is -2.53. The summed E-state index contributed by atoms with van der Waals surface area (Å²) in [5.41, 5.74) is -1.05. The van der Waals surface area contributed by atoms with Crippen molar-refractivity contribution in [2.24, 2.45) is 5.92 Å². The first kappa shape index (κ1) is 29.1. The van der Waals surface area contributed by atoms with Crippen LogP contribution < -0.4 is 10.9 Å². The molecule has 3 aliphatic rings. The Bertz CT molecular complexity index is 1560. The van der Waals surface area contributed by atoms with Gasteiger partial charge in [-0.1, -0.05) is 23.7 Å². The first-order chi connectivity index (χ1) is 19.8. The molecule has 0 bridgehead atoms. The minimum atomic E-state index is -4.42. The van der Waals surface area contributed by atoms with Crippen LogP contribution >= 0.6 is 11.6 Å². The van der Waals surface area contributed by atoms with Crippen LogP contribution in [0.5, 0.6) is 0 Å². The largest absolute Gasteiger partial charge is 0.399 e. The average molecular weight is 610 g/mol. The Morgan fingerprint density at radius 2 is 1.93 bits per heavy atom. The number of alkyl halides is 3. The summed E-state index contributed by atoms with van der Waals surface area (Å²) in [4.78, 5) is 31.1. The number of hydrazine groups is 1. The summed E-state index contributed by atoms with van der Waals surface area (Å²) in [5.74, 6) is -1.66. The molecule has 0 unspecified atom stereocenters. The third-order valence-electron chi connectivity index (χ3n) is 8.93. The Kier molecular flexibility index (Phi) is 7.15. The second-order valence-corrected chi connectivity index (χ2v) is 12.4. The van der Waals surface area contributed by atoms with Gasteiger partial charge in [0.2, 0.25) is 0 Å². The van der Waals surface area contributed by atoms with Crippen LogP contribution in [-0.2, 0) is 11.3 Å². The van der Waals surface area contributed by atoms with Crippen molar-refractivity contribution in [3.05, 3.63) is 62.6 Å². The number of aromatic nitrogens is 3. The predicted molar refractivity (Wildman–Crippen MR) is 148 cm³/mol. The fourth-order valence-corrected chi connectivity index (χ4v) is 6.41. The zero-order valence-electron chi connectivity index (χ0n) is 23.3. The Labute approximate surface area is 244 Å². The van der Waals surface area contributed by atoms with Crippen LogP contribution in [0, 0.1) is 10.8 Å². The molecule has 2 saturated heterocycles. The summed E-state index contributed by atoms with van der Waals surface area (Å²) in [7, 11) is 0. The average Bonchev–Trinajstić information content (AvgIpc) is 3.56. The highest BCUT2D eigenvalue weighted by atomic mass is 35.5. The Morgan fingerprint density at radius 1 is 1.24 bits per heavy atom. The minimum Gasteiger partial charge on any atom is -0.388 e. The quantitative estimate of drug-likeness (QED) is 0.410. The van der Waals surface area contributed by atoms with Crippen LogP contribution in [0.15, 0.2) is 41.5 Å². The number of fused-ring (bicyclic) bond motifs is 1. The van der Waals surface area contributed by atoms with Gasteiger partial charge in [-0.3, -0.25) is 13.9 Å². The van der Waals surface area contributed by atoms with Crippen molar-refractivity contribution in [3.8, 4) is 5.69 Å². The minimum absolute atomic E-state index is 0.0729. The number of aliphatic hydroxyl groups is 1. The number of ether oxygens (including phenoxy) is 1. The molecule has 0 amide bonds. The van der Waals surface area contributed by atoms with Gasteiger partial charge >= 0.3 is 6.18 Å². The van der Waals surface area contributed by atoms with Crippen LogP contribution in [0.3, 0.4) is 0 Å². The Hall–Kier alpha value is -3.00. The van der Waals surface area contributed by atoms with E-state index in [1.807, 2.05) is 31.2 Å². The standard InChI is InChI=1S/C28H33ClF3N6O4/c1-17-13-33-21(14-42-17)18-3-5-19(6-4-18)37-23(29)11-20-24(37)34-16-35(25(20)39)15-27(40)7-9-36(10-8-27)38(41)26(2)12-22(26)28(30,31)32/h3-6,11,16-17,21-22,33,40H,7-10,12-15H2,1-2H3/q+1/t17-,21-,22+,26+/m0/s1. The second kappa shape index (κ2) is 10.3. The third-order valence-corrected chi connectivity index (χ3v) is 9.20. The highest BCUT2D eigenvalue weighted by Crippen LogP contribution is 2.55. The SMILES string of the molecule is C[C@H]1CN[C@H](c2ccc(-n3c(Cl)cc4c(=O)n(CC5(O)CCN([N+](=O)[C@]6(C)C[C@H]6C(F)(F)F)CC5)cnc43)cc2)CO1. The van der Waals surface area contributed by atoms with Gasteiger partial charge in [0.05, 0.1) is 54.3 Å². The maximum absolute atomic E-state index is 13.4.